The molecule has 0 aliphatic heterocycles. The first-order valence-electron chi connectivity index (χ1n) is 8.35. The maximum absolute atomic E-state index is 13.3. The third-order valence-electron chi connectivity index (χ3n) is 4.12. The summed E-state index contributed by atoms with van der Waals surface area (Å²) in [5.41, 5.74) is 1.59. The Morgan fingerprint density at radius 1 is 1.30 bits per heavy atom. The van der Waals surface area contributed by atoms with Crippen LogP contribution in [0.15, 0.2) is 54.9 Å². The van der Waals surface area contributed by atoms with Crippen molar-refractivity contribution in [3.05, 3.63) is 82.6 Å². The van der Waals surface area contributed by atoms with E-state index in [9.17, 15) is 9.18 Å². The van der Waals surface area contributed by atoms with Crippen LogP contribution in [0.4, 0.5) is 4.39 Å². The summed E-state index contributed by atoms with van der Waals surface area (Å²) < 4.78 is 20.6. The van der Waals surface area contributed by atoms with Crippen molar-refractivity contribution in [2.45, 2.75) is 13.0 Å². The van der Waals surface area contributed by atoms with E-state index in [4.69, 9.17) is 16.3 Å². The number of aryl methyl sites for hydroxylation is 2. The van der Waals surface area contributed by atoms with E-state index in [1.807, 2.05) is 14.0 Å². The molecule has 0 aliphatic carbocycles. The molecule has 3 aromatic rings. The number of carbonyl (C=O) groups is 1. The minimum atomic E-state index is -0.520. The molecule has 0 saturated carbocycles. The topological polar surface area (TPSA) is 56.1 Å². The van der Waals surface area contributed by atoms with Crippen molar-refractivity contribution >= 4 is 17.5 Å². The van der Waals surface area contributed by atoms with E-state index < -0.39 is 6.04 Å². The fourth-order valence-corrected chi connectivity index (χ4v) is 2.78. The van der Waals surface area contributed by atoms with Gasteiger partial charge in [-0.3, -0.25) is 4.79 Å². The lowest BCUT2D eigenvalue weighted by Crippen LogP contribution is -2.34. The lowest BCUT2D eigenvalue weighted by atomic mass is 10.1. The number of nitrogens with zero attached hydrogens (tertiary/aromatic N) is 2. The van der Waals surface area contributed by atoms with Gasteiger partial charge in [0.2, 0.25) is 0 Å². The maximum Gasteiger partial charge on any atom is 0.258 e. The maximum atomic E-state index is 13.3. The van der Waals surface area contributed by atoms with Crippen molar-refractivity contribution in [2.24, 2.45) is 7.05 Å². The van der Waals surface area contributed by atoms with Crippen LogP contribution in [-0.4, -0.2) is 22.1 Å². The van der Waals surface area contributed by atoms with Crippen molar-refractivity contribution in [1.29, 1.82) is 0 Å². The van der Waals surface area contributed by atoms with E-state index in [1.165, 1.54) is 12.1 Å². The molecule has 7 heteroatoms. The SMILES string of the molecule is Cc1cc(OCC(=O)N[C@@H](c2ccc(F)cc2)c2nccn2C)ccc1Cl. The lowest BCUT2D eigenvalue weighted by Gasteiger charge is -2.19. The molecule has 1 amide bonds. The van der Waals surface area contributed by atoms with Crippen molar-refractivity contribution in [3.63, 3.8) is 0 Å². The zero-order valence-electron chi connectivity index (χ0n) is 14.9. The Kier molecular flexibility index (Phi) is 5.76. The van der Waals surface area contributed by atoms with Gasteiger partial charge in [0.05, 0.1) is 0 Å². The number of benzene rings is 2. The van der Waals surface area contributed by atoms with Gasteiger partial charge in [-0.1, -0.05) is 23.7 Å². The first-order chi connectivity index (χ1) is 12.9. The molecule has 0 radical (unpaired) electrons. The molecule has 2 aromatic carbocycles. The van der Waals surface area contributed by atoms with Crippen LogP contribution < -0.4 is 10.1 Å². The summed E-state index contributed by atoms with van der Waals surface area (Å²) in [5.74, 6) is 0.532. The summed E-state index contributed by atoms with van der Waals surface area (Å²) in [7, 11) is 1.83. The quantitative estimate of drug-likeness (QED) is 0.699. The van der Waals surface area contributed by atoms with Crippen molar-refractivity contribution in [1.82, 2.24) is 14.9 Å². The molecule has 0 aliphatic rings. The van der Waals surface area contributed by atoms with E-state index >= 15 is 0 Å². The highest BCUT2D eigenvalue weighted by Crippen LogP contribution is 2.22. The largest absolute Gasteiger partial charge is 0.484 e. The van der Waals surface area contributed by atoms with E-state index in [0.717, 1.165) is 11.1 Å². The second-order valence-corrected chi connectivity index (χ2v) is 6.56. The number of rotatable bonds is 6. The Hall–Kier alpha value is -2.86. The average molecular weight is 388 g/mol. The van der Waals surface area contributed by atoms with Crippen LogP contribution in [-0.2, 0) is 11.8 Å². The molecular formula is C20H19ClFN3O2. The predicted molar refractivity (Wildman–Crippen MR) is 101 cm³/mol. The van der Waals surface area contributed by atoms with E-state index in [-0.39, 0.29) is 18.3 Å². The summed E-state index contributed by atoms with van der Waals surface area (Å²) in [5, 5.41) is 3.53. The number of nitrogens with one attached hydrogen (secondary N) is 1. The van der Waals surface area contributed by atoms with Gasteiger partial charge in [0.15, 0.2) is 6.61 Å². The van der Waals surface area contributed by atoms with Crippen LogP contribution in [0, 0.1) is 12.7 Å². The summed E-state index contributed by atoms with van der Waals surface area (Å²) in [6, 6.07) is 10.6. The number of ether oxygens (including phenoxy) is 1. The molecule has 0 spiro atoms. The molecule has 1 N–H and O–H groups in total. The van der Waals surface area contributed by atoms with Crippen LogP contribution in [0.3, 0.4) is 0 Å². The summed E-state index contributed by atoms with van der Waals surface area (Å²) in [6.45, 7) is 1.70. The van der Waals surface area contributed by atoms with Crippen LogP contribution in [0.2, 0.25) is 5.02 Å². The molecule has 1 aromatic heterocycles. The molecular weight excluding hydrogens is 369 g/mol. The Morgan fingerprint density at radius 3 is 2.67 bits per heavy atom. The number of hydrogen-bond acceptors (Lipinski definition) is 3. The first-order valence-corrected chi connectivity index (χ1v) is 8.73. The molecule has 5 nitrogen and oxygen atoms in total. The average Bonchev–Trinajstić information content (AvgIpc) is 3.07. The van der Waals surface area contributed by atoms with Crippen molar-refractivity contribution < 1.29 is 13.9 Å². The zero-order chi connectivity index (χ0) is 19.4. The smallest absolute Gasteiger partial charge is 0.258 e. The van der Waals surface area contributed by atoms with Gasteiger partial charge in [-0.05, 0) is 48.4 Å². The highest BCUT2D eigenvalue weighted by atomic mass is 35.5. The first kappa shape index (κ1) is 18.9. The molecule has 27 heavy (non-hydrogen) atoms. The van der Waals surface area contributed by atoms with Crippen LogP contribution in [0.5, 0.6) is 5.75 Å². The lowest BCUT2D eigenvalue weighted by molar-refractivity contribution is -0.123. The Morgan fingerprint density at radius 2 is 2.04 bits per heavy atom. The highest BCUT2D eigenvalue weighted by Gasteiger charge is 2.21. The van der Waals surface area contributed by atoms with Gasteiger partial charge in [0.1, 0.15) is 23.4 Å². The van der Waals surface area contributed by atoms with Gasteiger partial charge in [0, 0.05) is 24.5 Å². The standard InChI is InChI=1S/C20H19ClFN3O2/c1-13-11-16(7-8-17(13)21)27-12-18(26)24-19(20-23-9-10-25(20)2)14-3-5-15(22)6-4-14/h3-11,19H,12H2,1-2H3,(H,24,26)/t19-/m0/s1. The number of hydrogen-bond donors (Lipinski definition) is 1. The normalized spacial score (nSPS) is 11.9. The van der Waals surface area contributed by atoms with Crippen molar-refractivity contribution in [3.8, 4) is 5.75 Å². The van der Waals surface area contributed by atoms with Gasteiger partial charge in [0.25, 0.3) is 5.91 Å². The van der Waals surface area contributed by atoms with E-state index in [0.29, 0.717) is 16.6 Å². The Balaban J connectivity index is 1.73. The minimum Gasteiger partial charge on any atom is -0.484 e. The zero-order valence-corrected chi connectivity index (χ0v) is 15.7. The van der Waals surface area contributed by atoms with Gasteiger partial charge in [-0.2, -0.15) is 0 Å². The molecule has 0 fully saturated rings. The molecule has 1 atom stereocenters. The second kappa shape index (κ2) is 8.22. The number of imidazole rings is 1. The molecule has 140 valence electrons. The van der Waals surface area contributed by atoms with E-state index in [2.05, 4.69) is 10.3 Å². The Bertz CT molecular complexity index is 941. The highest BCUT2D eigenvalue weighted by molar-refractivity contribution is 6.31. The van der Waals surface area contributed by atoms with Crippen molar-refractivity contribution in [2.75, 3.05) is 6.61 Å². The molecule has 0 unspecified atom stereocenters. The fraction of sp³-hybridized carbons (Fsp3) is 0.200. The number of amides is 1. The summed E-state index contributed by atoms with van der Waals surface area (Å²) in [6.07, 6.45) is 3.43. The van der Waals surface area contributed by atoms with Gasteiger partial charge >= 0.3 is 0 Å². The molecule has 0 saturated heterocycles. The predicted octanol–water partition coefficient (Wildman–Crippen LogP) is 3.81. The minimum absolute atomic E-state index is 0.164. The molecule has 1 heterocycles. The molecule has 0 bridgehead atoms. The monoisotopic (exact) mass is 387 g/mol. The van der Waals surface area contributed by atoms with Crippen LogP contribution in [0.1, 0.15) is 23.0 Å². The second-order valence-electron chi connectivity index (χ2n) is 6.15. The van der Waals surface area contributed by atoms with Crippen LogP contribution >= 0.6 is 11.6 Å². The Labute approximate surface area is 161 Å². The third-order valence-corrected chi connectivity index (χ3v) is 4.55. The summed E-state index contributed by atoms with van der Waals surface area (Å²) in [4.78, 5) is 16.8. The van der Waals surface area contributed by atoms with Gasteiger partial charge < -0.3 is 14.6 Å². The number of halogens is 2. The molecule has 3 rings (SSSR count). The number of carbonyl (C=O) groups excluding carboxylic acids is 1. The fourth-order valence-electron chi connectivity index (χ4n) is 2.67. The summed E-state index contributed by atoms with van der Waals surface area (Å²) >= 11 is 5.99. The van der Waals surface area contributed by atoms with Gasteiger partial charge in [-0.25, -0.2) is 9.37 Å². The van der Waals surface area contributed by atoms with Crippen LogP contribution in [0.25, 0.3) is 0 Å². The number of aromatic nitrogens is 2. The third kappa shape index (κ3) is 4.65. The van der Waals surface area contributed by atoms with Gasteiger partial charge in [-0.15, -0.1) is 0 Å². The van der Waals surface area contributed by atoms with E-state index in [1.54, 1.807) is 47.3 Å².